The Bertz CT molecular complexity index is 610. The third-order valence-corrected chi connectivity index (χ3v) is 2.73. The second kappa shape index (κ2) is 6.14. The molecule has 0 unspecified atom stereocenters. The average Bonchev–Trinajstić information content (AvgIpc) is 2.41. The highest BCUT2D eigenvalue weighted by molar-refractivity contribution is 6.03. The second-order valence-electron chi connectivity index (χ2n) is 4.86. The standard InChI is InChI=1S/C15H18N4O/c1-10(2)18-14-8-13(16-9-17-14)15(20)19-12-7-5-4-6-11(12)3/h4-10H,1-3H3,(H,19,20)(H,16,17,18). The second-order valence-corrected chi connectivity index (χ2v) is 4.86. The molecule has 0 aliphatic carbocycles. The fourth-order valence-corrected chi connectivity index (χ4v) is 1.76. The summed E-state index contributed by atoms with van der Waals surface area (Å²) < 4.78 is 0. The van der Waals surface area contributed by atoms with Crippen molar-refractivity contribution in [2.24, 2.45) is 0 Å². The first-order chi connectivity index (χ1) is 9.56. The Morgan fingerprint density at radius 1 is 1.20 bits per heavy atom. The van der Waals surface area contributed by atoms with Gasteiger partial charge in [0.15, 0.2) is 0 Å². The minimum absolute atomic E-state index is 0.242. The Morgan fingerprint density at radius 3 is 2.65 bits per heavy atom. The molecule has 5 heteroatoms. The third-order valence-electron chi connectivity index (χ3n) is 2.73. The minimum Gasteiger partial charge on any atom is -0.368 e. The molecule has 0 saturated heterocycles. The number of hydrogen-bond acceptors (Lipinski definition) is 4. The normalized spacial score (nSPS) is 10.4. The maximum absolute atomic E-state index is 12.2. The van der Waals surface area contributed by atoms with Crippen LogP contribution >= 0.6 is 0 Å². The van der Waals surface area contributed by atoms with Gasteiger partial charge in [-0.25, -0.2) is 9.97 Å². The van der Waals surface area contributed by atoms with Gasteiger partial charge in [0, 0.05) is 17.8 Å². The van der Waals surface area contributed by atoms with Crippen LogP contribution in [0.4, 0.5) is 11.5 Å². The molecule has 1 heterocycles. The third kappa shape index (κ3) is 3.54. The fraction of sp³-hybridized carbons (Fsp3) is 0.267. The van der Waals surface area contributed by atoms with E-state index in [-0.39, 0.29) is 11.9 Å². The molecule has 104 valence electrons. The topological polar surface area (TPSA) is 66.9 Å². The Labute approximate surface area is 118 Å². The summed E-state index contributed by atoms with van der Waals surface area (Å²) in [7, 11) is 0. The summed E-state index contributed by atoms with van der Waals surface area (Å²) >= 11 is 0. The van der Waals surface area contributed by atoms with Gasteiger partial charge in [0.05, 0.1) is 0 Å². The van der Waals surface area contributed by atoms with E-state index in [0.29, 0.717) is 11.5 Å². The summed E-state index contributed by atoms with van der Waals surface area (Å²) in [4.78, 5) is 20.3. The van der Waals surface area contributed by atoms with E-state index in [2.05, 4.69) is 20.6 Å². The van der Waals surface area contributed by atoms with Crippen molar-refractivity contribution in [1.29, 1.82) is 0 Å². The minimum atomic E-state index is -0.242. The molecule has 0 spiro atoms. The molecular formula is C15H18N4O. The SMILES string of the molecule is Cc1ccccc1NC(=O)c1cc(NC(C)C)ncn1. The van der Waals surface area contributed by atoms with E-state index < -0.39 is 0 Å². The Morgan fingerprint density at radius 2 is 1.95 bits per heavy atom. The van der Waals surface area contributed by atoms with Gasteiger partial charge >= 0.3 is 0 Å². The molecule has 1 aromatic carbocycles. The molecule has 2 aromatic rings. The molecule has 1 amide bonds. The quantitative estimate of drug-likeness (QED) is 0.896. The van der Waals surface area contributed by atoms with Crippen LogP contribution in [0, 0.1) is 6.92 Å². The number of benzene rings is 1. The molecule has 1 aromatic heterocycles. The van der Waals surface area contributed by atoms with E-state index in [1.54, 1.807) is 6.07 Å². The zero-order chi connectivity index (χ0) is 14.5. The molecule has 0 fully saturated rings. The van der Waals surface area contributed by atoms with E-state index in [0.717, 1.165) is 11.3 Å². The first-order valence-electron chi connectivity index (χ1n) is 6.52. The van der Waals surface area contributed by atoms with Crippen molar-refractivity contribution in [3.63, 3.8) is 0 Å². The summed E-state index contributed by atoms with van der Waals surface area (Å²) in [6, 6.07) is 9.52. The van der Waals surface area contributed by atoms with Gasteiger partial charge < -0.3 is 10.6 Å². The van der Waals surface area contributed by atoms with Gasteiger partial charge in [0.2, 0.25) is 0 Å². The number of carbonyl (C=O) groups is 1. The number of aromatic nitrogens is 2. The average molecular weight is 270 g/mol. The van der Waals surface area contributed by atoms with Crippen molar-refractivity contribution in [2.45, 2.75) is 26.8 Å². The molecule has 2 rings (SSSR count). The summed E-state index contributed by atoms with van der Waals surface area (Å²) in [5, 5.41) is 5.99. The Hall–Kier alpha value is -2.43. The molecule has 0 atom stereocenters. The monoisotopic (exact) mass is 270 g/mol. The van der Waals surface area contributed by atoms with Crippen LogP contribution in [0.25, 0.3) is 0 Å². The molecular weight excluding hydrogens is 252 g/mol. The highest BCUT2D eigenvalue weighted by Gasteiger charge is 2.10. The lowest BCUT2D eigenvalue weighted by molar-refractivity contribution is 0.102. The van der Waals surface area contributed by atoms with Gasteiger partial charge in [-0.1, -0.05) is 18.2 Å². The molecule has 0 saturated carbocycles. The summed E-state index contributed by atoms with van der Waals surface area (Å²) in [6.45, 7) is 5.96. The van der Waals surface area contributed by atoms with Crippen LogP contribution in [0.2, 0.25) is 0 Å². The van der Waals surface area contributed by atoms with Crippen molar-refractivity contribution < 1.29 is 4.79 Å². The van der Waals surface area contributed by atoms with E-state index in [1.165, 1.54) is 6.33 Å². The van der Waals surface area contributed by atoms with Crippen molar-refractivity contribution >= 4 is 17.4 Å². The number of para-hydroxylation sites is 1. The summed E-state index contributed by atoms with van der Waals surface area (Å²) in [6.07, 6.45) is 1.39. The van der Waals surface area contributed by atoms with Gasteiger partial charge in [-0.3, -0.25) is 4.79 Å². The molecule has 0 bridgehead atoms. The number of aryl methyl sites for hydroxylation is 1. The van der Waals surface area contributed by atoms with Crippen molar-refractivity contribution in [2.75, 3.05) is 10.6 Å². The highest BCUT2D eigenvalue weighted by atomic mass is 16.1. The van der Waals surface area contributed by atoms with E-state index in [4.69, 9.17) is 0 Å². The van der Waals surface area contributed by atoms with E-state index in [9.17, 15) is 4.79 Å². The molecule has 0 aliphatic rings. The van der Waals surface area contributed by atoms with Crippen LogP contribution < -0.4 is 10.6 Å². The van der Waals surface area contributed by atoms with Crippen molar-refractivity contribution in [3.8, 4) is 0 Å². The number of anilines is 2. The number of carbonyl (C=O) groups excluding carboxylic acids is 1. The molecule has 2 N–H and O–H groups in total. The first kappa shape index (κ1) is 14.0. The fourth-order valence-electron chi connectivity index (χ4n) is 1.76. The van der Waals surface area contributed by atoms with Crippen molar-refractivity contribution in [3.05, 3.63) is 47.9 Å². The Balaban J connectivity index is 2.15. The predicted molar refractivity (Wildman–Crippen MR) is 79.9 cm³/mol. The maximum atomic E-state index is 12.2. The number of nitrogens with one attached hydrogen (secondary N) is 2. The van der Waals surface area contributed by atoms with Crippen LogP contribution in [0.3, 0.4) is 0 Å². The summed E-state index contributed by atoms with van der Waals surface area (Å²) in [5.74, 6) is 0.401. The lowest BCUT2D eigenvalue weighted by atomic mass is 10.2. The zero-order valence-corrected chi connectivity index (χ0v) is 11.8. The van der Waals surface area contributed by atoms with Crippen LogP contribution in [0.5, 0.6) is 0 Å². The molecule has 5 nitrogen and oxygen atoms in total. The van der Waals surface area contributed by atoms with Crippen LogP contribution in [0.1, 0.15) is 29.9 Å². The number of nitrogens with zero attached hydrogens (tertiary/aromatic N) is 2. The van der Waals surface area contributed by atoms with E-state index >= 15 is 0 Å². The van der Waals surface area contributed by atoms with E-state index in [1.807, 2.05) is 45.0 Å². The van der Waals surface area contributed by atoms with Gasteiger partial charge in [-0.15, -0.1) is 0 Å². The van der Waals surface area contributed by atoms with Gasteiger partial charge in [-0.2, -0.15) is 0 Å². The largest absolute Gasteiger partial charge is 0.368 e. The Kier molecular flexibility index (Phi) is 4.30. The van der Waals surface area contributed by atoms with Crippen LogP contribution in [-0.4, -0.2) is 21.9 Å². The van der Waals surface area contributed by atoms with Gasteiger partial charge in [0.1, 0.15) is 17.8 Å². The van der Waals surface area contributed by atoms with Gasteiger partial charge in [-0.05, 0) is 32.4 Å². The molecule has 0 radical (unpaired) electrons. The lowest BCUT2D eigenvalue weighted by Crippen LogP contribution is -2.16. The maximum Gasteiger partial charge on any atom is 0.274 e. The molecule has 20 heavy (non-hydrogen) atoms. The highest BCUT2D eigenvalue weighted by Crippen LogP contribution is 2.14. The first-order valence-corrected chi connectivity index (χ1v) is 6.52. The number of rotatable bonds is 4. The summed E-state index contributed by atoms with van der Waals surface area (Å²) in [5.41, 5.74) is 2.14. The molecule has 0 aliphatic heterocycles. The zero-order valence-electron chi connectivity index (χ0n) is 11.8. The number of hydrogen-bond donors (Lipinski definition) is 2. The van der Waals surface area contributed by atoms with Gasteiger partial charge in [0.25, 0.3) is 5.91 Å². The predicted octanol–water partition coefficient (Wildman–Crippen LogP) is 2.86. The van der Waals surface area contributed by atoms with Crippen LogP contribution in [0.15, 0.2) is 36.7 Å². The lowest BCUT2D eigenvalue weighted by Gasteiger charge is -2.10. The van der Waals surface area contributed by atoms with Crippen molar-refractivity contribution in [1.82, 2.24) is 9.97 Å². The number of amides is 1. The smallest absolute Gasteiger partial charge is 0.274 e. The van der Waals surface area contributed by atoms with Crippen LogP contribution in [-0.2, 0) is 0 Å².